The standard InChI is InChI=1S/C6H8N2/c1-5-3-6(2)8-4-7-5/h4H,1-2H3,(H,7,8). The third kappa shape index (κ3) is 0.983. The molecular formula is C6H8N2. The van der Waals surface area contributed by atoms with Crippen molar-refractivity contribution in [3.63, 3.8) is 0 Å². The summed E-state index contributed by atoms with van der Waals surface area (Å²) in [7, 11) is 0. The van der Waals surface area contributed by atoms with Gasteiger partial charge in [-0.15, -0.1) is 0 Å². The molecule has 1 aliphatic heterocycles. The largest absolute Gasteiger partial charge is 0.344 e. The molecular weight excluding hydrogens is 100 g/mol. The highest BCUT2D eigenvalue weighted by Gasteiger charge is 1.87. The van der Waals surface area contributed by atoms with Gasteiger partial charge in [-0.3, -0.25) is 0 Å². The van der Waals surface area contributed by atoms with Crippen molar-refractivity contribution in [3.05, 3.63) is 17.1 Å². The highest BCUT2D eigenvalue weighted by molar-refractivity contribution is 5.60. The van der Waals surface area contributed by atoms with Crippen LogP contribution >= 0.6 is 0 Å². The quantitative estimate of drug-likeness (QED) is 0.460. The maximum absolute atomic E-state index is 3.93. The van der Waals surface area contributed by atoms with E-state index in [2.05, 4.69) is 16.0 Å². The van der Waals surface area contributed by atoms with E-state index in [1.54, 1.807) is 6.34 Å². The van der Waals surface area contributed by atoms with E-state index in [-0.39, 0.29) is 0 Å². The zero-order chi connectivity index (χ0) is 5.98. The maximum atomic E-state index is 3.93. The summed E-state index contributed by atoms with van der Waals surface area (Å²) < 4.78 is 0. The number of rotatable bonds is 0. The predicted octanol–water partition coefficient (Wildman–Crippen LogP) is 1.02. The van der Waals surface area contributed by atoms with Gasteiger partial charge in [0.1, 0.15) is 0 Å². The summed E-state index contributed by atoms with van der Waals surface area (Å²) in [6.07, 6.45) is 1.67. The molecule has 0 amide bonds. The van der Waals surface area contributed by atoms with Gasteiger partial charge in [0.15, 0.2) is 0 Å². The Kier molecular flexibility index (Phi) is 1.18. The molecule has 42 valence electrons. The Morgan fingerprint density at radius 2 is 2.38 bits per heavy atom. The van der Waals surface area contributed by atoms with Gasteiger partial charge in [-0.2, -0.15) is 0 Å². The van der Waals surface area contributed by atoms with Crippen molar-refractivity contribution in [3.8, 4) is 0 Å². The van der Waals surface area contributed by atoms with Gasteiger partial charge >= 0.3 is 0 Å². The Balaban J connectivity index is 2.98. The third-order valence-electron chi connectivity index (χ3n) is 0.908. The van der Waals surface area contributed by atoms with Gasteiger partial charge in [0.05, 0.1) is 17.7 Å². The first kappa shape index (κ1) is 5.13. The molecule has 1 heterocycles. The molecule has 2 nitrogen and oxygen atoms in total. The van der Waals surface area contributed by atoms with Crippen molar-refractivity contribution in [2.45, 2.75) is 13.8 Å². The van der Waals surface area contributed by atoms with Crippen LogP contribution in [0.2, 0.25) is 0 Å². The van der Waals surface area contributed by atoms with Crippen LogP contribution in [0.1, 0.15) is 13.8 Å². The summed E-state index contributed by atoms with van der Waals surface area (Å²) in [6, 6.07) is 0. The SMILES string of the molecule is CC1=C=C(C)NC=N1. The first-order chi connectivity index (χ1) is 3.79. The molecule has 1 N–H and O–H groups in total. The number of nitrogens with one attached hydrogen (secondary N) is 1. The van der Waals surface area contributed by atoms with Crippen molar-refractivity contribution in [1.29, 1.82) is 0 Å². The topological polar surface area (TPSA) is 24.4 Å². The number of aliphatic imine (C=N–C) groups is 1. The number of nitrogens with zero attached hydrogens (tertiary/aromatic N) is 1. The smallest absolute Gasteiger partial charge is 0.0936 e. The van der Waals surface area contributed by atoms with Crippen LogP contribution in [0.3, 0.4) is 0 Å². The van der Waals surface area contributed by atoms with Crippen molar-refractivity contribution < 1.29 is 0 Å². The first-order valence-corrected chi connectivity index (χ1v) is 2.52. The van der Waals surface area contributed by atoms with Gasteiger partial charge in [-0.1, -0.05) is 5.73 Å². The zero-order valence-corrected chi connectivity index (χ0v) is 5.02. The van der Waals surface area contributed by atoms with Crippen LogP contribution in [0.25, 0.3) is 0 Å². The lowest BCUT2D eigenvalue weighted by Gasteiger charge is -1.99. The van der Waals surface area contributed by atoms with Gasteiger partial charge in [-0.05, 0) is 13.8 Å². The number of allylic oxidation sites excluding steroid dienone is 1. The summed E-state index contributed by atoms with van der Waals surface area (Å²) in [6.45, 7) is 3.87. The Morgan fingerprint density at radius 1 is 1.62 bits per heavy atom. The molecule has 0 aliphatic carbocycles. The number of hydrogen-bond donors (Lipinski definition) is 1. The minimum atomic E-state index is 0.932. The second-order valence-electron chi connectivity index (χ2n) is 1.74. The highest BCUT2D eigenvalue weighted by atomic mass is 15.0. The maximum Gasteiger partial charge on any atom is 0.0936 e. The predicted molar refractivity (Wildman–Crippen MR) is 33.5 cm³/mol. The minimum absolute atomic E-state index is 0.932. The summed E-state index contributed by atoms with van der Waals surface area (Å²) in [5, 5.41) is 2.91. The van der Waals surface area contributed by atoms with Gasteiger partial charge < -0.3 is 5.32 Å². The molecule has 0 atom stereocenters. The highest BCUT2D eigenvalue weighted by Crippen LogP contribution is 1.95. The molecule has 0 radical (unpaired) electrons. The lowest BCUT2D eigenvalue weighted by Crippen LogP contribution is -2.09. The van der Waals surface area contributed by atoms with Crippen LogP contribution in [0.5, 0.6) is 0 Å². The third-order valence-corrected chi connectivity index (χ3v) is 0.908. The molecule has 0 aromatic heterocycles. The van der Waals surface area contributed by atoms with E-state index in [9.17, 15) is 0 Å². The summed E-state index contributed by atoms with van der Waals surface area (Å²) >= 11 is 0. The van der Waals surface area contributed by atoms with Crippen LogP contribution in [0.15, 0.2) is 22.1 Å². The van der Waals surface area contributed by atoms with E-state index in [4.69, 9.17) is 0 Å². The fraction of sp³-hybridized carbons (Fsp3) is 0.333. The fourth-order valence-electron chi connectivity index (χ4n) is 0.566. The Hall–Kier alpha value is -1.01. The summed E-state index contributed by atoms with van der Waals surface area (Å²) in [5.74, 6) is 0. The zero-order valence-electron chi connectivity index (χ0n) is 5.02. The molecule has 1 rings (SSSR count). The van der Waals surface area contributed by atoms with E-state index in [0.717, 1.165) is 11.4 Å². The van der Waals surface area contributed by atoms with E-state index >= 15 is 0 Å². The Labute approximate surface area is 48.6 Å². The van der Waals surface area contributed by atoms with Crippen LogP contribution in [-0.2, 0) is 0 Å². The van der Waals surface area contributed by atoms with Crippen LogP contribution < -0.4 is 5.32 Å². The van der Waals surface area contributed by atoms with E-state index in [1.165, 1.54) is 0 Å². The summed E-state index contributed by atoms with van der Waals surface area (Å²) in [4.78, 5) is 3.93. The molecule has 0 saturated carbocycles. The molecule has 0 spiro atoms. The van der Waals surface area contributed by atoms with Crippen LogP contribution in [-0.4, -0.2) is 6.34 Å². The first-order valence-electron chi connectivity index (χ1n) is 2.52. The molecule has 0 aromatic rings. The van der Waals surface area contributed by atoms with Crippen molar-refractivity contribution in [1.82, 2.24) is 5.32 Å². The molecule has 0 unspecified atom stereocenters. The van der Waals surface area contributed by atoms with Crippen LogP contribution in [0, 0.1) is 0 Å². The van der Waals surface area contributed by atoms with E-state index in [1.807, 2.05) is 13.8 Å². The summed E-state index contributed by atoms with van der Waals surface area (Å²) in [5.41, 5.74) is 4.96. The van der Waals surface area contributed by atoms with Crippen molar-refractivity contribution >= 4 is 6.34 Å². The van der Waals surface area contributed by atoms with Gasteiger partial charge in [0.2, 0.25) is 0 Å². The monoisotopic (exact) mass is 108 g/mol. The Morgan fingerprint density at radius 3 is 2.75 bits per heavy atom. The molecule has 0 saturated heterocycles. The lowest BCUT2D eigenvalue weighted by atomic mass is 10.4. The minimum Gasteiger partial charge on any atom is -0.344 e. The normalized spacial score (nSPS) is 16.8. The molecule has 2 heteroatoms. The van der Waals surface area contributed by atoms with Gasteiger partial charge in [0, 0.05) is 0 Å². The van der Waals surface area contributed by atoms with Gasteiger partial charge in [0.25, 0.3) is 0 Å². The van der Waals surface area contributed by atoms with E-state index in [0.29, 0.717) is 0 Å². The van der Waals surface area contributed by atoms with Crippen LogP contribution in [0.4, 0.5) is 0 Å². The average molecular weight is 108 g/mol. The second kappa shape index (κ2) is 1.85. The molecule has 1 aliphatic rings. The lowest BCUT2D eigenvalue weighted by molar-refractivity contribution is 1.10. The van der Waals surface area contributed by atoms with Crippen molar-refractivity contribution in [2.75, 3.05) is 0 Å². The van der Waals surface area contributed by atoms with Gasteiger partial charge in [-0.25, -0.2) is 4.99 Å². The molecule has 0 bridgehead atoms. The number of hydrogen-bond acceptors (Lipinski definition) is 2. The molecule has 8 heavy (non-hydrogen) atoms. The second-order valence-corrected chi connectivity index (χ2v) is 1.74. The fourth-order valence-corrected chi connectivity index (χ4v) is 0.566. The Bertz CT molecular complexity index is 183. The van der Waals surface area contributed by atoms with Crippen molar-refractivity contribution in [2.24, 2.45) is 4.99 Å². The molecule has 0 aromatic carbocycles. The average Bonchev–Trinajstić information content (AvgIpc) is 1.64. The molecule has 0 fully saturated rings. The van der Waals surface area contributed by atoms with E-state index < -0.39 is 0 Å².